The molecule has 14 heavy (non-hydrogen) atoms. The maximum Gasteiger partial charge on any atom is 0.136 e. The molecule has 1 fully saturated rings. The van der Waals surface area contributed by atoms with Crippen molar-refractivity contribution in [1.82, 2.24) is 19.7 Å². The quantitative estimate of drug-likeness (QED) is 0.720. The van der Waals surface area contributed by atoms with E-state index in [1.807, 2.05) is 11.6 Å². The predicted molar refractivity (Wildman–Crippen MR) is 55.1 cm³/mol. The van der Waals surface area contributed by atoms with Gasteiger partial charge < -0.3 is 9.47 Å². The zero-order valence-corrected chi connectivity index (χ0v) is 8.98. The van der Waals surface area contributed by atoms with E-state index in [9.17, 15) is 0 Å². The van der Waals surface area contributed by atoms with Crippen LogP contribution in [0.2, 0.25) is 0 Å². The van der Waals surface area contributed by atoms with Crippen molar-refractivity contribution in [2.45, 2.75) is 25.7 Å². The van der Waals surface area contributed by atoms with Crippen LogP contribution in [0.1, 0.15) is 31.5 Å². The molecule has 1 saturated heterocycles. The van der Waals surface area contributed by atoms with E-state index in [1.165, 1.54) is 25.9 Å². The second-order valence-electron chi connectivity index (χ2n) is 4.09. The lowest BCUT2D eigenvalue weighted by molar-refractivity contribution is 0.333. The Bertz CT molecular complexity index is 294. The minimum atomic E-state index is 0.592. The summed E-state index contributed by atoms with van der Waals surface area (Å²) in [4.78, 5) is 2.51. The van der Waals surface area contributed by atoms with Gasteiger partial charge in [0.25, 0.3) is 0 Å². The monoisotopic (exact) mass is 194 g/mol. The molecule has 1 aliphatic rings. The Hall–Kier alpha value is -0.900. The standard InChI is InChI=1S/C10H18N4/c1-3-5-14-6-4-9(7-14)10-12-11-8-13(10)2/h8-9H,3-7H2,1-2H3. The van der Waals surface area contributed by atoms with Crippen molar-refractivity contribution in [3.8, 4) is 0 Å². The molecule has 78 valence electrons. The molecular weight excluding hydrogens is 176 g/mol. The van der Waals surface area contributed by atoms with E-state index in [1.54, 1.807) is 6.33 Å². The first kappa shape index (κ1) is 9.65. The third-order valence-corrected chi connectivity index (χ3v) is 2.92. The number of likely N-dealkylation sites (tertiary alicyclic amines) is 1. The fourth-order valence-corrected chi connectivity index (χ4v) is 2.22. The summed E-state index contributed by atoms with van der Waals surface area (Å²) < 4.78 is 2.04. The molecule has 0 N–H and O–H groups in total. The van der Waals surface area contributed by atoms with Gasteiger partial charge in [-0.3, -0.25) is 0 Å². The molecule has 0 radical (unpaired) electrons. The van der Waals surface area contributed by atoms with E-state index in [4.69, 9.17) is 0 Å². The van der Waals surface area contributed by atoms with E-state index in [-0.39, 0.29) is 0 Å². The van der Waals surface area contributed by atoms with E-state index in [0.29, 0.717) is 5.92 Å². The maximum absolute atomic E-state index is 4.18. The lowest BCUT2D eigenvalue weighted by atomic mass is 10.1. The van der Waals surface area contributed by atoms with Gasteiger partial charge in [0.1, 0.15) is 12.2 Å². The molecule has 0 spiro atoms. The highest BCUT2D eigenvalue weighted by Gasteiger charge is 2.26. The van der Waals surface area contributed by atoms with E-state index >= 15 is 0 Å². The Morgan fingerprint density at radius 1 is 1.57 bits per heavy atom. The van der Waals surface area contributed by atoms with E-state index in [0.717, 1.165) is 12.4 Å². The first-order chi connectivity index (χ1) is 6.81. The number of aryl methyl sites for hydroxylation is 1. The molecule has 1 atom stereocenters. The summed E-state index contributed by atoms with van der Waals surface area (Å²) in [5, 5.41) is 8.11. The maximum atomic E-state index is 4.18. The zero-order chi connectivity index (χ0) is 9.97. The summed E-state index contributed by atoms with van der Waals surface area (Å²) in [6.45, 7) is 5.82. The zero-order valence-electron chi connectivity index (χ0n) is 8.98. The van der Waals surface area contributed by atoms with Crippen LogP contribution in [0, 0.1) is 0 Å². The van der Waals surface area contributed by atoms with Gasteiger partial charge in [0, 0.05) is 19.5 Å². The van der Waals surface area contributed by atoms with Gasteiger partial charge >= 0.3 is 0 Å². The van der Waals surface area contributed by atoms with Crippen LogP contribution in [0.15, 0.2) is 6.33 Å². The van der Waals surface area contributed by atoms with Crippen LogP contribution in [0.5, 0.6) is 0 Å². The molecule has 2 rings (SSSR count). The molecule has 1 aromatic heterocycles. The topological polar surface area (TPSA) is 34.0 Å². The van der Waals surface area contributed by atoms with Crippen LogP contribution in [-0.2, 0) is 7.05 Å². The van der Waals surface area contributed by atoms with Crippen molar-refractivity contribution in [2.24, 2.45) is 7.05 Å². The Morgan fingerprint density at radius 3 is 3.07 bits per heavy atom. The van der Waals surface area contributed by atoms with Crippen molar-refractivity contribution in [2.75, 3.05) is 19.6 Å². The van der Waals surface area contributed by atoms with Gasteiger partial charge in [-0.15, -0.1) is 10.2 Å². The van der Waals surface area contributed by atoms with Gasteiger partial charge in [-0.25, -0.2) is 0 Å². The molecule has 0 saturated carbocycles. The fourth-order valence-electron chi connectivity index (χ4n) is 2.22. The molecule has 0 aromatic carbocycles. The molecule has 0 bridgehead atoms. The molecular formula is C10H18N4. The molecule has 2 heterocycles. The van der Waals surface area contributed by atoms with Gasteiger partial charge in [-0.05, 0) is 25.9 Å². The summed E-state index contributed by atoms with van der Waals surface area (Å²) in [7, 11) is 2.03. The van der Waals surface area contributed by atoms with Crippen LogP contribution >= 0.6 is 0 Å². The normalized spacial score (nSPS) is 23.1. The number of hydrogen-bond acceptors (Lipinski definition) is 3. The van der Waals surface area contributed by atoms with Crippen molar-refractivity contribution >= 4 is 0 Å². The van der Waals surface area contributed by atoms with Crippen LogP contribution in [0.25, 0.3) is 0 Å². The average molecular weight is 194 g/mol. The lowest BCUT2D eigenvalue weighted by Gasteiger charge is -2.13. The Kier molecular flexibility index (Phi) is 2.82. The van der Waals surface area contributed by atoms with Gasteiger partial charge in [0.05, 0.1) is 0 Å². The smallest absolute Gasteiger partial charge is 0.136 e. The lowest BCUT2D eigenvalue weighted by Crippen LogP contribution is -2.21. The van der Waals surface area contributed by atoms with E-state index < -0.39 is 0 Å². The Labute approximate surface area is 84.9 Å². The minimum Gasteiger partial charge on any atom is -0.320 e. The van der Waals surface area contributed by atoms with Gasteiger partial charge in [0.2, 0.25) is 0 Å². The van der Waals surface area contributed by atoms with Crippen molar-refractivity contribution in [3.63, 3.8) is 0 Å². The number of nitrogens with zero attached hydrogens (tertiary/aromatic N) is 4. The number of hydrogen-bond donors (Lipinski definition) is 0. The highest BCUT2D eigenvalue weighted by atomic mass is 15.3. The third kappa shape index (κ3) is 1.80. The molecule has 0 aliphatic carbocycles. The predicted octanol–water partition coefficient (Wildman–Crippen LogP) is 1.01. The molecule has 1 aliphatic heterocycles. The second kappa shape index (κ2) is 4.09. The fraction of sp³-hybridized carbons (Fsp3) is 0.800. The highest BCUT2D eigenvalue weighted by molar-refractivity contribution is 5.00. The van der Waals surface area contributed by atoms with Crippen LogP contribution in [0.4, 0.5) is 0 Å². The largest absolute Gasteiger partial charge is 0.320 e. The van der Waals surface area contributed by atoms with Crippen molar-refractivity contribution < 1.29 is 0 Å². The first-order valence-electron chi connectivity index (χ1n) is 5.37. The van der Waals surface area contributed by atoms with E-state index in [2.05, 4.69) is 22.0 Å². The number of rotatable bonds is 3. The summed E-state index contributed by atoms with van der Waals surface area (Å²) in [5.41, 5.74) is 0. The van der Waals surface area contributed by atoms with Crippen LogP contribution in [-0.4, -0.2) is 39.3 Å². The Balaban J connectivity index is 1.99. The van der Waals surface area contributed by atoms with Crippen LogP contribution in [0.3, 0.4) is 0 Å². The molecule has 4 nitrogen and oxygen atoms in total. The molecule has 4 heteroatoms. The third-order valence-electron chi connectivity index (χ3n) is 2.92. The minimum absolute atomic E-state index is 0.592. The van der Waals surface area contributed by atoms with Gasteiger partial charge in [0.15, 0.2) is 0 Å². The molecule has 1 aromatic rings. The summed E-state index contributed by atoms with van der Waals surface area (Å²) >= 11 is 0. The SMILES string of the molecule is CCCN1CCC(c2nncn2C)C1. The van der Waals surface area contributed by atoms with Crippen molar-refractivity contribution in [1.29, 1.82) is 0 Å². The molecule has 1 unspecified atom stereocenters. The Morgan fingerprint density at radius 2 is 2.43 bits per heavy atom. The summed E-state index contributed by atoms with van der Waals surface area (Å²) in [6.07, 6.45) is 4.26. The van der Waals surface area contributed by atoms with Gasteiger partial charge in [-0.1, -0.05) is 6.92 Å². The van der Waals surface area contributed by atoms with Crippen LogP contribution < -0.4 is 0 Å². The second-order valence-corrected chi connectivity index (χ2v) is 4.09. The summed E-state index contributed by atoms with van der Waals surface area (Å²) in [5.74, 6) is 1.73. The first-order valence-corrected chi connectivity index (χ1v) is 5.37. The average Bonchev–Trinajstić information content (AvgIpc) is 2.74. The summed E-state index contributed by atoms with van der Waals surface area (Å²) in [6, 6.07) is 0. The molecule has 0 amide bonds. The van der Waals surface area contributed by atoms with Gasteiger partial charge in [-0.2, -0.15) is 0 Å². The van der Waals surface area contributed by atoms with Crippen molar-refractivity contribution in [3.05, 3.63) is 12.2 Å². The highest BCUT2D eigenvalue weighted by Crippen LogP contribution is 2.24. The number of aromatic nitrogens is 3.